The highest BCUT2D eigenvalue weighted by Crippen LogP contribution is 2.22. The molecule has 0 saturated heterocycles. The van der Waals surface area contributed by atoms with E-state index < -0.39 is 30.2 Å². The molecular formula is C14H16N2O4. The zero-order chi connectivity index (χ0) is 14.7. The SMILES string of the molecule is NC(=O)C[C@@H](NC(=O)c1ccc2c(c1)CCC2)C(=O)O. The second-order valence-electron chi connectivity index (χ2n) is 4.87. The molecule has 0 bridgehead atoms. The maximum Gasteiger partial charge on any atom is 0.326 e. The molecule has 1 aliphatic carbocycles. The third kappa shape index (κ3) is 3.14. The van der Waals surface area contributed by atoms with Crippen molar-refractivity contribution in [2.45, 2.75) is 31.7 Å². The highest BCUT2D eigenvalue weighted by atomic mass is 16.4. The van der Waals surface area contributed by atoms with E-state index in [0.29, 0.717) is 5.56 Å². The number of carbonyl (C=O) groups is 3. The highest BCUT2D eigenvalue weighted by Gasteiger charge is 2.23. The van der Waals surface area contributed by atoms with Gasteiger partial charge in [0.2, 0.25) is 5.91 Å². The van der Waals surface area contributed by atoms with Crippen molar-refractivity contribution in [3.05, 3.63) is 34.9 Å². The molecular weight excluding hydrogens is 260 g/mol. The van der Waals surface area contributed by atoms with Crippen LogP contribution < -0.4 is 11.1 Å². The van der Waals surface area contributed by atoms with Crippen LogP contribution in [-0.4, -0.2) is 28.9 Å². The van der Waals surface area contributed by atoms with Crippen molar-refractivity contribution in [2.24, 2.45) is 5.73 Å². The number of amides is 2. The molecule has 1 atom stereocenters. The van der Waals surface area contributed by atoms with Gasteiger partial charge in [0.25, 0.3) is 5.91 Å². The summed E-state index contributed by atoms with van der Waals surface area (Å²) in [4.78, 5) is 33.8. The molecule has 2 amide bonds. The number of aliphatic carboxylic acids is 1. The van der Waals surface area contributed by atoms with Crippen LogP contribution in [0.25, 0.3) is 0 Å². The lowest BCUT2D eigenvalue weighted by Crippen LogP contribution is -2.43. The number of fused-ring (bicyclic) bond motifs is 1. The molecule has 0 saturated carbocycles. The van der Waals surface area contributed by atoms with Gasteiger partial charge < -0.3 is 16.2 Å². The summed E-state index contributed by atoms with van der Waals surface area (Å²) >= 11 is 0. The number of rotatable bonds is 5. The minimum Gasteiger partial charge on any atom is -0.480 e. The third-order valence-electron chi connectivity index (χ3n) is 3.37. The molecule has 6 nitrogen and oxygen atoms in total. The molecule has 0 radical (unpaired) electrons. The molecule has 106 valence electrons. The number of hydrogen-bond donors (Lipinski definition) is 3. The van der Waals surface area contributed by atoms with Crippen LogP contribution in [0.5, 0.6) is 0 Å². The Kier molecular flexibility index (Phi) is 4.02. The van der Waals surface area contributed by atoms with Gasteiger partial charge in [0, 0.05) is 5.56 Å². The van der Waals surface area contributed by atoms with Crippen LogP contribution in [0.4, 0.5) is 0 Å². The molecule has 0 heterocycles. The molecule has 1 aromatic rings. The normalized spacial score (nSPS) is 14.4. The number of carboxylic acids is 1. The summed E-state index contributed by atoms with van der Waals surface area (Å²) in [5.41, 5.74) is 7.72. The summed E-state index contributed by atoms with van der Waals surface area (Å²) in [6.07, 6.45) is 2.59. The maximum absolute atomic E-state index is 12.0. The second-order valence-corrected chi connectivity index (χ2v) is 4.87. The maximum atomic E-state index is 12.0. The van der Waals surface area contributed by atoms with E-state index in [4.69, 9.17) is 10.8 Å². The molecule has 0 fully saturated rings. The molecule has 0 aliphatic heterocycles. The number of carbonyl (C=O) groups excluding carboxylic acids is 2. The molecule has 0 spiro atoms. The van der Waals surface area contributed by atoms with E-state index >= 15 is 0 Å². The molecule has 0 aromatic heterocycles. The van der Waals surface area contributed by atoms with E-state index in [1.54, 1.807) is 12.1 Å². The first-order valence-electron chi connectivity index (χ1n) is 6.41. The van der Waals surface area contributed by atoms with Crippen LogP contribution in [0.1, 0.15) is 34.3 Å². The quantitative estimate of drug-likeness (QED) is 0.715. The number of aryl methyl sites for hydroxylation is 2. The summed E-state index contributed by atoms with van der Waals surface area (Å²) in [6, 6.07) is 4.04. The van der Waals surface area contributed by atoms with Crippen molar-refractivity contribution in [3.8, 4) is 0 Å². The van der Waals surface area contributed by atoms with Gasteiger partial charge in [-0.15, -0.1) is 0 Å². The fourth-order valence-electron chi connectivity index (χ4n) is 2.36. The standard InChI is InChI=1S/C14H16N2O4/c15-12(17)7-11(14(19)20)16-13(18)10-5-4-8-2-1-3-9(8)6-10/h4-6,11H,1-3,7H2,(H2,15,17)(H,16,18)(H,19,20)/t11-/m1/s1. The van der Waals surface area contributed by atoms with Gasteiger partial charge >= 0.3 is 5.97 Å². The van der Waals surface area contributed by atoms with Crippen LogP contribution >= 0.6 is 0 Å². The first-order valence-corrected chi connectivity index (χ1v) is 6.41. The van der Waals surface area contributed by atoms with Crippen molar-refractivity contribution in [2.75, 3.05) is 0 Å². The number of benzene rings is 1. The van der Waals surface area contributed by atoms with E-state index in [1.807, 2.05) is 6.07 Å². The Balaban J connectivity index is 2.10. The Hall–Kier alpha value is -2.37. The predicted octanol–water partition coefficient (Wildman–Crippen LogP) is 0.234. The van der Waals surface area contributed by atoms with Crippen molar-refractivity contribution in [1.82, 2.24) is 5.32 Å². The van der Waals surface area contributed by atoms with E-state index in [0.717, 1.165) is 24.8 Å². The summed E-state index contributed by atoms with van der Waals surface area (Å²) in [5.74, 6) is -2.56. The number of nitrogens with one attached hydrogen (secondary N) is 1. The Morgan fingerprint density at radius 2 is 1.95 bits per heavy atom. The van der Waals surface area contributed by atoms with Gasteiger partial charge in [-0.05, 0) is 42.5 Å². The number of carboxylic acid groups (broad SMARTS) is 1. The summed E-state index contributed by atoms with van der Waals surface area (Å²) in [6.45, 7) is 0. The van der Waals surface area contributed by atoms with Crippen molar-refractivity contribution < 1.29 is 19.5 Å². The van der Waals surface area contributed by atoms with Crippen LogP contribution in [0.15, 0.2) is 18.2 Å². The number of nitrogens with two attached hydrogens (primary N) is 1. The van der Waals surface area contributed by atoms with Crippen LogP contribution in [0, 0.1) is 0 Å². The van der Waals surface area contributed by atoms with Gasteiger partial charge in [0.1, 0.15) is 6.04 Å². The van der Waals surface area contributed by atoms with Crippen LogP contribution in [0.2, 0.25) is 0 Å². The van der Waals surface area contributed by atoms with Gasteiger partial charge in [0.15, 0.2) is 0 Å². The number of hydrogen-bond acceptors (Lipinski definition) is 3. The first kappa shape index (κ1) is 14.0. The Morgan fingerprint density at radius 3 is 2.60 bits per heavy atom. The average molecular weight is 276 g/mol. The Bertz CT molecular complexity index is 568. The van der Waals surface area contributed by atoms with Gasteiger partial charge in [0.05, 0.1) is 6.42 Å². The molecule has 2 rings (SSSR count). The van der Waals surface area contributed by atoms with Crippen molar-refractivity contribution in [1.29, 1.82) is 0 Å². The topological polar surface area (TPSA) is 109 Å². The summed E-state index contributed by atoms with van der Waals surface area (Å²) < 4.78 is 0. The van der Waals surface area contributed by atoms with Gasteiger partial charge in [-0.1, -0.05) is 6.07 Å². The van der Waals surface area contributed by atoms with Crippen LogP contribution in [0.3, 0.4) is 0 Å². The van der Waals surface area contributed by atoms with E-state index in [-0.39, 0.29) is 0 Å². The number of primary amides is 1. The largest absolute Gasteiger partial charge is 0.480 e. The monoisotopic (exact) mass is 276 g/mol. The van der Waals surface area contributed by atoms with E-state index in [1.165, 1.54) is 5.56 Å². The molecule has 1 aliphatic rings. The lowest BCUT2D eigenvalue weighted by atomic mass is 10.1. The molecule has 0 unspecified atom stereocenters. The van der Waals surface area contributed by atoms with Gasteiger partial charge in [-0.2, -0.15) is 0 Å². The summed E-state index contributed by atoms with van der Waals surface area (Å²) in [7, 11) is 0. The zero-order valence-electron chi connectivity index (χ0n) is 10.9. The average Bonchev–Trinajstić information content (AvgIpc) is 2.84. The van der Waals surface area contributed by atoms with Crippen molar-refractivity contribution in [3.63, 3.8) is 0 Å². The smallest absolute Gasteiger partial charge is 0.326 e. The lowest BCUT2D eigenvalue weighted by Gasteiger charge is -2.13. The van der Waals surface area contributed by atoms with E-state index in [9.17, 15) is 14.4 Å². The molecule has 20 heavy (non-hydrogen) atoms. The lowest BCUT2D eigenvalue weighted by molar-refractivity contribution is -0.140. The Morgan fingerprint density at radius 1 is 1.25 bits per heavy atom. The minimum absolute atomic E-state index is 0.404. The predicted molar refractivity (Wildman–Crippen MR) is 71.2 cm³/mol. The highest BCUT2D eigenvalue weighted by molar-refractivity contribution is 5.97. The molecule has 6 heteroatoms. The second kappa shape index (κ2) is 5.73. The fraction of sp³-hybridized carbons (Fsp3) is 0.357. The molecule has 1 aromatic carbocycles. The van der Waals surface area contributed by atoms with Gasteiger partial charge in [-0.3, -0.25) is 9.59 Å². The fourth-order valence-corrected chi connectivity index (χ4v) is 2.36. The Labute approximate surface area is 116 Å². The third-order valence-corrected chi connectivity index (χ3v) is 3.37. The van der Waals surface area contributed by atoms with E-state index in [2.05, 4.69) is 5.32 Å². The summed E-state index contributed by atoms with van der Waals surface area (Å²) in [5, 5.41) is 11.3. The molecule has 4 N–H and O–H groups in total. The minimum atomic E-state index is -1.30. The first-order chi connectivity index (χ1) is 9.47. The van der Waals surface area contributed by atoms with Crippen molar-refractivity contribution >= 4 is 17.8 Å². The zero-order valence-corrected chi connectivity index (χ0v) is 10.9. The van der Waals surface area contributed by atoms with Gasteiger partial charge in [-0.25, -0.2) is 4.79 Å². The van der Waals surface area contributed by atoms with Crippen LogP contribution in [-0.2, 0) is 22.4 Å².